The molecule has 1 aliphatic heterocycles. The number of ether oxygens (including phenoxy) is 1. The fraction of sp³-hybridized carbons (Fsp3) is 0.316. The van der Waals surface area contributed by atoms with Crippen molar-refractivity contribution in [2.45, 2.75) is 39.0 Å². The summed E-state index contributed by atoms with van der Waals surface area (Å²) in [5, 5.41) is 9.76. The predicted molar refractivity (Wildman–Crippen MR) is 88.3 cm³/mol. The molecular weight excluding hydrogens is 290 g/mol. The molecule has 2 aromatic rings. The van der Waals surface area contributed by atoms with Crippen molar-refractivity contribution in [3.8, 4) is 11.5 Å². The largest absolute Gasteiger partial charge is 0.457 e. The van der Waals surface area contributed by atoms with Crippen LogP contribution in [0.2, 0.25) is 0 Å². The molecule has 4 heteroatoms. The summed E-state index contributed by atoms with van der Waals surface area (Å²) < 4.78 is 5.80. The van der Waals surface area contributed by atoms with Crippen molar-refractivity contribution >= 4 is 5.91 Å². The Morgan fingerprint density at radius 1 is 1.09 bits per heavy atom. The fourth-order valence-corrected chi connectivity index (χ4v) is 2.74. The Morgan fingerprint density at radius 2 is 1.65 bits per heavy atom. The van der Waals surface area contributed by atoms with Gasteiger partial charge in [-0.1, -0.05) is 29.8 Å². The highest BCUT2D eigenvalue weighted by Crippen LogP contribution is 2.25. The van der Waals surface area contributed by atoms with E-state index < -0.39 is 6.10 Å². The molecule has 4 nitrogen and oxygen atoms in total. The van der Waals surface area contributed by atoms with Gasteiger partial charge in [-0.15, -0.1) is 0 Å². The van der Waals surface area contributed by atoms with Crippen molar-refractivity contribution in [2.24, 2.45) is 0 Å². The van der Waals surface area contributed by atoms with Crippen LogP contribution in [0.5, 0.6) is 11.5 Å². The highest BCUT2D eigenvalue weighted by molar-refractivity contribution is 5.79. The molecule has 120 valence electrons. The van der Waals surface area contributed by atoms with Crippen LogP contribution in [0.3, 0.4) is 0 Å². The SMILES string of the molecule is Cc1ccc(Oc2ccc(CN3C(=O)C[C@@H](O)[C@@H]3C)cc2)cc1. The van der Waals surface area contributed by atoms with Crippen LogP contribution in [0.4, 0.5) is 0 Å². The molecule has 1 fully saturated rings. The topological polar surface area (TPSA) is 49.8 Å². The van der Waals surface area contributed by atoms with Gasteiger partial charge >= 0.3 is 0 Å². The van der Waals surface area contributed by atoms with Crippen molar-refractivity contribution in [1.82, 2.24) is 4.90 Å². The molecule has 1 N–H and O–H groups in total. The van der Waals surface area contributed by atoms with Crippen molar-refractivity contribution in [3.63, 3.8) is 0 Å². The molecular formula is C19H21NO3. The monoisotopic (exact) mass is 311 g/mol. The van der Waals surface area contributed by atoms with Crippen molar-refractivity contribution in [2.75, 3.05) is 0 Å². The summed E-state index contributed by atoms with van der Waals surface area (Å²) in [6.45, 7) is 4.43. The van der Waals surface area contributed by atoms with Gasteiger partial charge < -0.3 is 14.7 Å². The van der Waals surface area contributed by atoms with Crippen LogP contribution in [-0.2, 0) is 11.3 Å². The van der Waals surface area contributed by atoms with Gasteiger partial charge in [-0.2, -0.15) is 0 Å². The van der Waals surface area contributed by atoms with Crippen molar-refractivity contribution < 1.29 is 14.6 Å². The number of aryl methyl sites for hydroxylation is 1. The lowest BCUT2D eigenvalue weighted by atomic mass is 10.1. The molecule has 1 heterocycles. The number of carbonyl (C=O) groups is 1. The number of aliphatic hydroxyl groups is 1. The Balaban J connectivity index is 1.65. The molecule has 0 unspecified atom stereocenters. The van der Waals surface area contributed by atoms with E-state index >= 15 is 0 Å². The Bertz CT molecular complexity index is 679. The van der Waals surface area contributed by atoms with Gasteiger partial charge in [-0.3, -0.25) is 4.79 Å². The first-order valence-corrected chi connectivity index (χ1v) is 7.84. The normalized spacial score (nSPS) is 20.8. The first-order valence-electron chi connectivity index (χ1n) is 7.84. The van der Waals surface area contributed by atoms with Gasteiger partial charge in [0.1, 0.15) is 11.5 Å². The molecule has 0 aliphatic carbocycles. The van der Waals surface area contributed by atoms with Crippen LogP contribution < -0.4 is 4.74 Å². The molecule has 0 bridgehead atoms. The maximum atomic E-state index is 11.9. The number of amides is 1. The fourth-order valence-electron chi connectivity index (χ4n) is 2.74. The second-order valence-corrected chi connectivity index (χ2v) is 6.09. The molecule has 1 saturated heterocycles. The zero-order valence-electron chi connectivity index (χ0n) is 13.4. The number of likely N-dealkylation sites (tertiary alicyclic amines) is 1. The van der Waals surface area contributed by atoms with E-state index in [1.54, 1.807) is 4.90 Å². The number of benzene rings is 2. The smallest absolute Gasteiger partial charge is 0.225 e. The number of hydrogen-bond donors (Lipinski definition) is 1. The summed E-state index contributed by atoms with van der Waals surface area (Å²) in [5.74, 6) is 1.57. The number of hydrogen-bond acceptors (Lipinski definition) is 3. The molecule has 2 atom stereocenters. The summed E-state index contributed by atoms with van der Waals surface area (Å²) in [5.41, 5.74) is 2.22. The molecule has 3 rings (SSSR count). The minimum Gasteiger partial charge on any atom is -0.457 e. The Labute approximate surface area is 136 Å². The van der Waals surface area contributed by atoms with Crippen LogP contribution in [0, 0.1) is 6.92 Å². The maximum Gasteiger partial charge on any atom is 0.225 e. The standard InChI is InChI=1S/C19H21NO3/c1-13-3-7-16(8-4-13)23-17-9-5-15(6-10-17)12-20-14(2)18(21)11-19(20)22/h3-10,14,18,21H,11-12H2,1-2H3/t14-,18+/m0/s1. The van der Waals surface area contributed by atoms with Crippen LogP contribution in [0.1, 0.15) is 24.5 Å². The molecule has 1 aliphatic rings. The van der Waals surface area contributed by atoms with E-state index in [0.717, 1.165) is 17.1 Å². The summed E-state index contributed by atoms with van der Waals surface area (Å²) in [7, 11) is 0. The quantitative estimate of drug-likeness (QED) is 0.943. The second-order valence-electron chi connectivity index (χ2n) is 6.09. The van der Waals surface area contributed by atoms with Crippen molar-refractivity contribution in [1.29, 1.82) is 0 Å². The number of rotatable bonds is 4. The molecule has 0 radical (unpaired) electrons. The average Bonchev–Trinajstić information content (AvgIpc) is 2.78. The summed E-state index contributed by atoms with van der Waals surface area (Å²) in [6, 6.07) is 15.5. The van der Waals surface area contributed by atoms with Gasteiger partial charge in [0.05, 0.1) is 18.6 Å². The van der Waals surface area contributed by atoms with Crippen LogP contribution in [-0.4, -0.2) is 28.1 Å². The van der Waals surface area contributed by atoms with Gasteiger partial charge in [-0.05, 0) is 43.7 Å². The number of nitrogens with zero attached hydrogens (tertiary/aromatic N) is 1. The minimum absolute atomic E-state index is 0.00461. The van der Waals surface area contributed by atoms with Gasteiger partial charge in [0.25, 0.3) is 0 Å². The third kappa shape index (κ3) is 3.54. The van der Waals surface area contributed by atoms with Crippen LogP contribution in [0.15, 0.2) is 48.5 Å². The highest BCUT2D eigenvalue weighted by atomic mass is 16.5. The van der Waals surface area contributed by atoms with E-state index in [1.165, 1.54) is 5.56 Å². The Morgan fingerprint density at radius 3 is 2.17 bits per heavy atom. The lowest BCUT2D eigenvalue weighted by Crippen LogP contribution is -2.33. The predicted octanol–water partition coefficient (Wildman–Crippen LogP) is 3.27. The molecule has 1 amide bonds. The van der Waals surface area contributed by atoms with E-state index in [0.29, 0.717) is 6.54 Å². The summed E-state index contributed by atoms with van der Waals surface area (Å²) in [4.78, 5) is 13.6. The summed E-state index contributed by atoms with van der Waals surface area (Å²) >= 11 is 0. The van der Waals surface area contributed by atoms with E-state index in [9.17, 15) is 9.90 Å². The Hall–Kier alpha value is -2.33. The highest BCUT2D eigenvalue weighted by Gasteiger charge is 2.35. The molecule has 0 aromatic heterocycles. The maximum absolute atomic E-state index is 11.9. The van der Waals surface area contributed by atoms with Crippen LogP contribution in [0.25, 0.3) is 0 Å². The Kier molecular flexibility index (Phi) is 4.35. The average molecular weight is 311 g/mol. The number of aliphatic hydroxyl groups excluding tert-OH is 1. The molecule has 0 saturated carbocycles. The second kappa shape index (κ2) is 6.42. The zero-order valence-corrected chi connectivity index (χ0v) is 13.4. The van der Waals surface area contributed by atoms with Gasteiger partial charge in [0, 0.05) is 6.54 Å². The first-order chi connectivity index (χ1) is 11.0. The van der Waals surface area contributed by atoms with Gasteiger partial charge in [0.15, 0.2) is 0 Å². The molecule has 2 aromatic carbocycles. The van der Waals surface area contributed by atoms with Crippen LogP contribution >= 0.6 is 0 Å². The summed E-state index contributed by atoms with van der Waals surface area (Å²) in [6.07, 6.45) is -0.345. The first kappa shape index (κ1) is 15.6. The van der Waals surface area contributed by atoms with E-state index in [-0.39, 0.29) is 18.4 Å². The van der Waals surface area contributed by atoms with Gasteiger partial charge in [0.2, 0.25) is 5.91 Å². The third-order valence-corrected chi connectivity index (χ3v) is 4.29. The number of carbonyl (C=O) groups excluding carboxylic acids is 1. The van der Waals surface area contributed by atoms with Gasteiger partial charge in [-0.25, -0.2) is 0 Å². The minimum atomic E-state index is -0.563. The third-order valence-electron chi connectivity index (χ3n) is 4.29. The van der Waals surface area contributed by atoms with E-state index in [4.69, 9.17) is 4.74 Å². The van der Waals surface area contributed by atoms with Crippen molar-refractivity contribution in [3.05, 3.63) is 59.7 Å². The van der Waals surface area contributed by atoms with E-state index in [2.05, 4.69) is 0 Å². The molecule has 23 heavy (non-hydrogen) atoms. The lowest BCUT2D eigenvalue weighted by molar-refractivity contribution is -0.129. The molecule has 0 spiro atoms. The lowest BCUT2D eigenvalue weighted by Gasteiger charge is -2.23. The zero-order chi connectivity index (χ0) is 16.4. The van der Waals surface area contributed by atoms with E-state index in [1.807, 2.05) is 62.4 Å².